The van der Waals surface area contributed by atoms with Gasteiger partial charge in [-0.05, 0) is 59.7 Å². The number of benzene rings is 3. The van der Waals surface area contributed by atoms with Crippen LogP contribution in [-0.2, 0) is 16.2 Å². The largest absolute Gasteiger partial charge is 0.493 e. The summed E-state index contributed by atoms with van der Waals surface area (Å²) in [5, 5.41) is 2.08. The Kier molecular flexibility index (Phi) is 6.35. The van der Waals surface area contributed by atoms with E-state index in [0.29, 0.717) is 22.0 Å². The van der Waals surface area contributed by atoms with E-state index in [9.17, 15) is 23.2 Å². The second-order valence-corrected chi connectivity index (χ2v) is 7.26. The van der Waals surface area contributed by atoms with Crippen molar-refractivity contribution < 1.29 is 32.6 Å². The van der Waals surface area contributed by atoms with Gasteiger partial charge in [0.05, 0.1) is 12.8 Å². The number of hydrogen-bond acceptors (Lipinski definition) is 5. The minimum atomic E-state index is -0.972. The molecule has 3 aromatic carbocycles. The summed E-state index contributed by atoms with van der Waals surface area (Å²) in [7, 11) is 1.43. The van der Waals surface area contributed by atoms with Gasteiger partial charge in [-0.3, -0.25) is 14.9 Å². The van der Waals surface area contributed by atoms with Crippen molar-refractivity contribution in [2.75, 3.05) is 12.0 Å². The van der Waals surface area contributed by atoms with Gasteiger partial charge in [0, 0.05) is 0 Å². The molecule has 4 rings (SSSR count). The van der Waals surface area contributed by atoms with Crippen LogP contribution in [0.2, 0.25) is 0 Å². The number of barbiturate groups is 1. The SMILES string of the molecule is COc1cc(/C=C2\C(=O)NC(=O)N(c3cccc(F)c3)C2=O)ccc1OCc1ccc(F)cc1. The Hall–Kier alpha value is -4.53. The molecule has 172 valence electrons. The summed E-state index contributed by atoms with van der Waals surface area (Å²) >= 11 is 0. The molecular formula is C25H18F2N2O5. The molecule has 3 aromatic rings. The fraction of sp³-hybridized carbons (Fsp3) is 0.0800. The van der Waals surface area contributed by atoms with Crippen LogP contribution in [0.5, 0.6) is 11.5 Å². The van der Waals surface area contributed by atoms with Crippen LogP contribution < -0.4 is 19.7 Å². The summed E-state index contributed by atoms with van der Waals surface area (Å²) in [6.45, 7) is 0.169. The molecule has 9 heteroatoms. The van der Waals surface area contributed by atoms with Crippen molar-refractivity contribution in [3.63, 3.8) is 0 Å². The first kappa shape index (κ1) is 22.7. The first-order chi connectivity index (χ1) is 16.4. The van der Waals surface area contributed by atoms with Crippen molar-refractivity contribution in [1.29, 1.82) is 0 Å². The second-order valence-electron chi connectivity index (χ2n) is 7.26. The quantitative estimate of drug-likeness (QED) is 0.436. The van der Waals surface area contributed by atoms with Crippen molar-refractivity contribution in [2.45, 2.75) is 6.61 Å². The number of hydrogen-bond donors (Lipinski definition) is 1. The van der Waals surface area contributed by atoms with Crippen molar-refractivity contribution >= 4 is 29.6 Å². The number of halogens is 2. The Morgan fingerprint density at radius 3 is 2.38 bits per heavy atom. The molecule has 0 saturated carbocycles. The van der Waals surface area contributed by atoms with Crippen LogP contribution in [0.4, 0.5) is 19.3 Å². The van der Waals surface area contributed by atoms with Crippen LogP contribution >= 0.6 is 0 Å². The monoisotopic (exact) mass is 464 g/mol. The smallest absolute Gasteiger partial charge is 0.335 e. The van der Waals surface area contributed by atoms with Crippen LogP contribution in [0.25, 0.3) is 6.08 Å². The van der Waals surface area contributed by atoms with Gasteiger partial charge >= 0.3 is 6.03 Å². The van der Waals surface area contributed by atoms with Crippen LogP contribution in [0.1, 0.15) is 11.1 Å². The molecule has 0 aromatic heterocycles. The lowest BCUT2D eigenvalue weighted by Crippen LogP contribution is -2.54. The van der Waals surface area contributed by atoms with Gasteiger partial charge in [-0.15, -0.1) is 0 Å². The number of amides is 4. The van der Waals surface area contributed by atoms with Gasteiger partial charge in [0.1, 0.15) is 23.8 Å². The number of ether oxygens (including phenoxy) is 2. The molecule has 7 nitrogen and oxygen atoms in total. The zero-order valence-corrected chi connectivity index (χ0v) is 17.9. The molecule has 0 unspecified atom stereocenters. The van der Waals surface area contributed by atoms with Crippen LogP contribution in [0, 0.1) is 11.6 Å². The molecule has 0 bridgehead atoms. The molecule has 4 amide bonds. The first-order valence-electron chi connectivity index (χ1n) is 10.1. The summed E-state index contributed by atoms with van der Waals surface area (Å²) in [4.78, 5) is 38.2. The molecule has 0 radical (unpaired) electrons. The van der Waals surface area contributed by atoms with Gasteiger partial charge < -0.3 is 9.47 Å². The van der Waals surface area contributed by atoms with E-state index in [1.165, 1.54) is 43.5 Å². The maximum Gasteiger partial charge on any atom is 0.335 e. The molecule has 1 heterocycles. The van der Waals surface area contributed by atoms with Crippen molar-refractivity contribution in [3.8, 4) is 11.5 Å². The zero-order valence-electron chi connectivity index (χ0n) is 17.9. The number of urea groups is 1. The van der Waals surface area contributed by atoms with E-state index in [2.05, 4.69) is 5.32 Å². The van der Waals surface area contributed by atoms with E-state index in [-0.39, 0.29) is 23.7 Å². The van der Waals surface area contributed by atoms with E-state index in [0.717, 1.165) is 11.6 Å². The van der Waals surface area contributed by atoms with Crippen LogP contribution in [0.15, 0.2) is 72.3 Å². The molecule has 1 aliphatic heterocycles. The van der Waals surface area contributed by atoms with Crippen molar-refractivity contribution in [2.24, 2.45) is 0 Å². The molecule has 1 saturated heterocycles. The molecule has 1 fully saturated rings. The number of imide groups is 2. The van der Waals surface area contributed by atoms with Gasteiger partial charge in [-0.2, -0.15) is 0 Å². The van der Waals surface area contributed by atoms with Crippen LogP contribution in [0.3, 0.4) is 0 Å². The van der Waals surface area contributed by atoms with Gasteiger partial charge in [-0.1, -0.05) is 24.3 Å². The molecule has 1 aliphatic rings. The Morgan fingerprint density at radius 2 is 1.68 bits per heavy atom. The molecule has 34 heavy (non-hydrogen) atoms. The average molecular weight is 464 g/mol. The van der Waals surface area contributed by atoms with Gasteiger partial charge in [0.2, 0.25) is 0 Å². The average Bonchev–Trinajstić information content (AvgIpc) is 2.81. The normalized spacial score (nSPS) is 14.9. The topological polar surface area (TPSA) is 84.9 Å². The van der Waals surface area contributed by atoms with Gasteiger partial charge in [-0.25, -0.2) is 18.5 Å². The molecular weight excluding hydrogens is 446 g/mol. The number of methoxy groups -OCH3 is 1. The third-order valence-corrected chi connectivity index (χ3v) is 4.97. The minimum absolute atomic E-state index is 0.0111. The fourth-order valence-corrected chi connectivity index (χ4v) is 3.31. The third-order valence-electron chi connectivity index (χ3n) is 4.97. The third kappa shape index (κ3) is 4.78. The molecule has 0 spiro atoms. The summed E-state index contributed by atoms with van der Waals surface area (Å²) in [5.74, 6) is -2.03. The van der Waals surface area contributed by atoms with Crippen molar-refractivity contribution in [1.82, 2.24) is 5.32 Å². The van der Waals surface area contributed by atoms with Gasteiger partial charge in [0.15, 0.2) is 11.5 Å². The summed E-state index contributed by atoms with van der Waals surface area (Å²) in [5.41, 5.74) is 0.855. The first-order valence-corrected chi connectivity index (χ1v) is 10.1. The second kappa shape index (κ2) is 9.53. The highest BCUT2D eigenvalue weighted by atomic mass is 19.1. The fourth-order valence-electron chi connectivity index (χ4n) is 3.31. The number of nitrogens with zero attached hydrogens (tertiary/aromatic N) is 1. The lowest BCUT2D eigenvalue weighted by molar-refractivity contribution is -0.122. The van der Waals surface area contributed by atoms with E-state index < -0.39 is 23.7 Å². The Bertz CT molecular complexity index is 1300. The van der Waals surface area contributed by atoms with E-state index in [1.807, 2.05) is 0 Å². The highest BCUT2D eigenvalue weighted by Crippen LogP contribution is 2.30. The van der Waals surface area contributed by atoms with Gasteiger partial charge in [0.25, 0.3) is 11.8 Å². The van der Waals surface area contributed by atoms with Crippen LogP contribution in [-0.4, -0.2) is 25.0 Å². The summed E-state index contributed by atoms with van der Waals surface area (Å²) < 4.78 is 37.8. The number of nitrogens with one attached hydrogen (secondary N) is 1. The van der Waals surface area contributed by atoms with E-state index in [4.69, 9.17) is 9.47 Å². The highest BCUT2D eigenvalue weighted by molar-refractivity contribution is 6.39. The lowest BCUT2D eigenvalue weighted by Gasteiger charge is -2.26. The number of rotatable bonds is 6. The molecule has 0 atom stereocenters. The molecule has 0 aliphatic carbocycles. The molecule has 1 N–H and O–H groups in total. The predicted molar refractivity (Wildman–Crippen MR) is 119 cm³/mol. The highest BCUT2D eigenvalue weighted by Gasteiger charge is 2.37. The zero-order chi connectivity index (χ0) is 24.2. The van der Waals surface area contributed by atoms with E-state index >= 15 is 0 Å². The van der Waals surface area contributed by atoms with Crippen molar-refractivity contribution in [3.05, 3.63) is 95.1 Å². The Morgan fingerprint density at radius 1 is 0.912 bits per heavy atom. The number of anilines is 1. The Balaban J connectivity index is 1.59. The number of carbonyl (C=O) groups is 3. The summed E-state index contributed by atoms with van der Waals surface area (Å²) in [6.07, 6.45) is 1.29. The lowest BCUT2D eigenvalue weighted by atomic mass is 10.1. The minimum Gasteiger partial charge on any atom is -0.493 e. The number of carbonyl (C=O) groups excluding carboxylic acids is 3. The van der Waals surface area contributed by atoms with E-state index in [1.54, 1.807) is 30.3 Å². The standard InChI is InChI=1S/C25H18F2N2O5/c1-33-22-12-16(7-10-21(22)34-14-15-5-8-17(26)9-6-15)11-20-23(30)28-25(32)29(24(20)31)19-4-2-3-18(27)13-19/h2-13H,14H2,1H3,(H,28,30,32)/b20-11+. The summed E-state index contributed by atoms with van der Waals surface area (Å²) in [6, 6.07) is 14.5. The maximum atomic E-state index is 13.6. The predicted octanol–water partition coefficient (Wildman–Crippen LogP) is 4.22. The maximum absolute atomic E-state index is 13.6. The Labute approximate surface area is 193 Å².